The topological polar surface area (TPSA) is 350 Å². The van der Waals surface area contributed by atoms with Crippen molar-refractivity contribution < 1.29 is 70.1 Å². The van der Waals surface area contributed by atoms with Crippen molar-refractivity contribution in [1.29, 1.82) is 0 Å². The quantitative estimate of drug-likeness (QED) is 0.0663. The van der Waals surface area contributed by atoms with Gasteiger partial charge in [0.05, 0.1) is 56.7 Å². The van der Waals surface area contributed by atoms with E-state index >= 15 is 0 Å². The number of aliphatic carboxylic acids is 1. The minimum absolute atomic E-state index is 0.125. The Kier molecular flexibility index (Phi) is 14.3. The Morgan fingerprint density at radius 1 is 0.931 bits per heavy atom. The Balaban J connectivity index is 1.22. The summed E-state index contributed by atoms with van der Waals surface area (Å²) in [6.07, 6.45) is 0.647. The number of hydrogen-bond donors (Lipinski definition) is 14. The van der Waals surface area contributed by atoms with Gasteiger partial charge in [0.15, 0.2) is 6.29 Å². The second-order valence-electron chi connectivity index (χ2n) is 24.5. The molecule has 7 aliphatic rings. The first-order chi connectivity index (χ1) is 34.0. The number of nitrogens with two attached hydrogens (primary N) is 1. The van der Waals surface area contributed by atoms with E-state index in [1.54, 1.807) is 18.7 Å². The van der Waals surface area contributed by atoms with Gasteiger partial charge in [0, 0.05) is 47.8 Å². The molecule has 402 valence electrons. The summed E-state index contributed by atoms with van der Waals surface area (Å²) in [5, 5.41) is 117. The molecule has 6 fully saturated rings. The van der Waals surface area contributed by atoms with Crippen molar-refractivity contribution in [1.82, 2.24) is 25.3 Å². The number of imidazole rings is 2. The van der Waals surface area contributed by atoms with E-state index in [4.69, 9.17) is 15.2 Å². The van der Waals surface area contributed by atoms with Gasteiger partial charge in [-0.1, -0.05) is 46.3 Å². The number of aromatic amines is 2. The van der Waals surface area contributed by atoms with E-state index in [0.717, 1.165) is 11.3 Å². The van der Waals surface area contributed by atoms with E-state index in [2.05, 4.69) is 52.1 Å². The summed E-state index contributed by atoms with van der Waals surface area (Å²) in [5.74, 6) is -5.91. The highest BCUT2D eigenvalue weighted by Crippen LogP contribution is 2.78. The molecule has 20 heteroatoms. The van der Waals surface area contributed by atoms with Gasteiger partial charge >= 0.3 is 5.97 Å². The molecular formula is C52H80N6O14. The van der Waals surface area contributed by atoms with Gasteiger partial charge in [0.25, 0.3) is 0 Å². The molecule has 5 aliphatic carbocycles. The van der Waals surface area contributed by atoms with Gasteiger partial charge in [0.2, 0.25) is 5.91 Å². The summed E-state index contributed by atoms with van der Waals surface area (Å²) in [4.78, 5) is 43.2. The van der Waals surface area contributed by atoms with E-state index in [9.17, 15) is 60.7 Å². The smallest absolute Gasteiger partial charge is 0.312 e. The maximum atomic E-state index is 14.1. The standard InChI is InChI=1S/C52H80N6O14/c1-47(21-60)15-32-30-7-8-36-49(3,51(30,5)25(12-26-17-54-23-56-26)14-52(32,46(69)70)37(63)16-47)11-10-35-48(2,22-61)43(72-45-42(67)41(66)34(62)20-71-45)40(65)31(50(35,36)4)13-28-29(19-59)44(68)58-39(28)27(6-9-38(53)64)33-18-55-24-57-33/h7,17-18,23-25,27-29,31-32,34-43,45,59-67H,6,8-16,19-22,53H2,1-5H3,(H,54,56)(H,55,57)(H,58,68)(H,69,70). The van der Waals surface area contributed by atoms with Crippen LogP contribution >= 0.6 is 0 Å². The lowest BCUT2D eigenvalue weighted by molar-refractivity contribution is -0.341. The minimum Gasteiger partial charge on any atom is -0.481 e. The summed E-state index contributed by atoms with van der Waals surface area (Å²) in [7, 11) is 0. The van der Waals surface area contributed by atoms with Gasteiger partial charge in [-0.15, -0.1) is 0 Å². The Hall–Kier alpha value is -3.38. The number of allylic oxidation sites excluding steroid dienone is 2. The maximum Gasteiger partial charge on any atom is 0.312 e. The van der Waals surface area contributed by atoms with Crippen molar-refractivity contribution in [3.8, 4) is 0 Å². The molecule has 2 aromatic heterocycles. The van der Waals surface area contributed by atoms with Gasteiger partial charge in [0.1, 0.15) is 30.0 Å². The van der Waals surface area contributed by atoms with Crippen molar-refractivity contribution in [2.45, 2.75) is 160 Å². The van der Waals surface area contributed by atoms with E-state index in [1.165, 1.54) is 6.33 Å². The molecule has 2 aliphatic heterocycles. The zero-order valence-electron chi connectivity index (χ0n) is 42.2. The number of rotatable bonds is 15. The predicted octanol–water partition coefficient (Wildman–Crippen LogP) is 0.679. The Bertz CT molecular complexity index is 2290. The molecule has 1 amide bonds. The van der Waals surface area contributed by atoms with Crippen LogP contribution in [0.25, 0.3) is 0 Å². The lowest BCUT2D eigenvalue weighted by atomic mass is 9.30. The fourth-order valence-electron chi connectivity index (χ4n) is 17.3. The van der Waals surface area contributed by atoms with Crippen LogP contribution in [-0.2, 0) is 25.5 Å². The lowest BCUT2D eigenvalue weighted by Crippen LogP contribution is -2.73. The first kappa shape index (κ1) is 53.4. The molecule has 9 rings (SSSR count). The Morgan fingerprint density at radius 2 is 1.65 bits per heavy atom. The first-order valence-electron chi connectivity index (χ1n) is 26.1. The molecule has 23 unspecified atom stereocenters. The van der Waals surface area contributed by atoms with Gasteiger partial charge in [-0.25, -0.2) is 9.97 Å². The van der Waals surface area contributed by atoms with Crippen LogP contribution in [0.4, 0.5) is 0 Å². The van der Waals surface area contributed by atoms with Gasteiger partial charge < -0.3 is 81.6 Å². The zero-order valence-corrected chi connectivity index (χ0v) is 42.2. The van der Waals surface area contributed by atoms with Gasteiger partial charge in [-0.2, -0.15) is 0 Å². The molecule has 0 spiro atoms. The number of aromatic nitrogens is 4. The van der Waals surface area contributed by atoms with Crippen LogP contribution in [0, 0.1) is 73.9 Å². The summed E-state index contributed by atoms with van der Waals surface area (Å²) in [6, 6.07) is -0.640. The third kappa shape index (κ3) is 7.98. The second kappa shape index (κ2) is 19.3. The number of aliphatic hydroxyl groups is 9. The number of carboxylic acid groups (broad SMARTS) is 1. The van der Waals surface area contributed by atoms with E-state index in [1.807, 2.05) is 13.8 Å². The van der Waals surface area contributed by atoms with Crippen LogP contribution in [0.2, 0.25) is 0 Å². The van der Waals surface area contributed by atoms with Crippen molar-refractivity contribution >= 4 is 11.9 Å². The number of nitrogens with one attached hydrogen (secondary N) is 3. The number of aliphatic hydroxyl groups excluding tert-OH is 9. The predicted molar refractivity (Wildman–Crippen MR) is 256 cm³/mol. The Morgan fingerprint density at radius 3 is 2.28 bits per heavy atom. The van der Waals surface area contributed by atoms with Crippen LogP contribution in [0.5, 0.6) is 0 Å². The summed E-state index contributed by atoms with van der Waals surface area (Å²) in [5.41, 5.74) is 2.48. The molecule has 4 heterocycles. The third-order valence-corrected chi connectivity index (χ3v) is 21.3. The summed E-state index contributed by atoms with van der Waals surface area (Å²) < 4.78 is 12.5. The molecule has 20 nitrogen and oxygen atoms in total. The highest BCUT2D eigenvalue weighted by molar-refractivity contribution is 5.82. The SMILES string of the molecule is CC1(CO)CC(O)C2(C(=O)O)CC(Cc3cnc[nH]3)C3(C)C(=CCC4C5(C)C(CC6C(CO)C(=O)NC6C(CCC(N)O)c6cnc[nH]6)C(O)C(OC6OCC(O)C(O)C6O)C(C)(CO)C5CCC43C)C2C1. The molecule has 2 saturated heterocycles. The van der Waals surface area contributed by atoms with E-state index in [-0.39, 0.29) is 56.6 Å². The van der Waals surface area contributed by atoms with Crippen molar-refractivity contribution in [3.63, 3.8) is 0 Å². The highest BCUT2D eigenvalue weighted by atomic mass is 16.7. The largest absolute Gasteiger partial charge is 0.481 e. The van der Waals surface area contributed by atoms with Crippen LogP contribution in [0.15, 0.2) is 36.7 Å². The van der Waals surface area contributed by atoms with Crippen molar-refractivity contribution in [2.75, 3.05) is 26.4 Å². The number of carbonyl (C=O) groups is 2. The summed E-state index contributed by atoms with van der Waals surface area (Å²) in [6.45, 7) is 8.89. The first-order valence-corrected chi connectivity index (χ1v) is 26.1. The number of nitrogens with zero attached hydrogens (tertiary/aromatic N) is 2. The minimum atomic E-state index is -1.71. The normalized spacial score (nSPS) is 47.8. The zero-order chi connectivity index (χ0) is 52.1. The van der Waals surface area contributed by atoms with E-state index in [0.29, 0.717) is 44.2 Å². The van der Waals surface area contributed by atoms with Gasteiger partial charge in [-0.3, -0.25) is 9.59 Å². The highest BCUT2D eigenvalue weighted by Gasteiger charge is 2.76. The average molecular weight is 1010 g/mol. The Labute approximate surface area is 420 Å². The summed E-state index contributed by atoms with van der Waals surface area (Å²) >= 11 is 0. The number of ether oxygens (including phenoxy) is 2. The number of H-pyrrole nitrogens is 2. The number of amides is 1. The van der Waals surface area contributed by atoms with Crippen LogP contribution in [0.1, 0.15) is 110 Å². The second-order valence-corrected chi connectivity index (χ2v) is 24.5. The van der Waals surface area contributed by atoms with E-state index < -0.39 is 142 Å². The molecule has 0 aromatic carbocycles. The molecule has 15 N–H and O–H groups in total. The fraction of sp³-hybridized carbons (Fsp3) is 0.808. The van der Waals surface area contributed by atoms with Crippen molar-refractivity contribution in [3.05, 3.63) is 48.1 Å². The molecule has 0 radical (unpaired) electrons. The molecule has 0 bridgehead atoms. The maximum absolute atomic E-state index is 14.1. The molecule has 72 heavy (non-hydrogen) atoms. The van der Waals surface area contributed by atoms with Crippen LogP contribution < -0.4 is 11.1 Å². The third-order valence-electron chi connectivity index (χ3n) is 21.3. The average Bonchev–Trinajstić information content (AvgIpc) is 4.13. The molecule has 2 aromatic rings. The molecule has 23 atom stereocenters. The number of carbonyl (C=O) groups excluding carboxylic acids is 1. The lowest BCUT2D eigenvalue weighted by Gasteiger charge is -2.75. The number of hydrogen-bond acceptors (Lipinski definition) is 16. The van der Waals surface area contributed by atoms with Crippen molar-refractivity contribution in [2.24, 2.45) is 79.6 Å². The van der Waals surface area contributed by atoms with Crippen LogP contribution in [-0.4, -0.2) is 164 Å². The van der Waals surface area contributed by atoms with Gasteiger partial charge in [-0.05, 0) is 121 Å². The molecular weight excluding hydrogens is 933 g/mol. The number of carboxylic acids is 1. The molecule has 4 saturated carbocycles. The number of fused-ring (bicyclic) bond motifs is 7. The van der Waals surface area contributed by atoms with Crippen LogP contribution in [0.3, 0.4) is 0 Å². The fourth-order valence-corrected chi connectivity index (χ4v) is 17.3. The monoisotopic (exact) mass is 1010 g/mol.